The number of rotatable bonds is 15. The second kappa shape index (κ2) is 14.9. The Balaban J connectivity index is 1.84. The second-order valence-corrected chi connectivity index (χ2v) is 6.76. The van der Waals surface area contributed by atoms with Gasteiger partial charge in [-0.25, -0.2) is 0 Å². The fourth-order valence-corrected chi connectivity index (χ4v) is 3.20. The highest BCUT2D eigenvalue weighted by Gasteiger charge is 2.18. The summed E-state index contributed by atoms with van der Waals surface area (Å²) in [6.07, 6.45) is 23.2. The van der Waals surface area contributed by atoms with E-state index in [2.05, 4.69) is 35.2 Å². The molecule has 134 valence electrons. The number of hydrogen-bond donors (Lipinski definition) is 1. The van der Waals surface area contributed by atoms with Crippen LogP contribution in [0.2, 0.25) is 0 Å². The van der Waals surface area contributed by atoms with Gasteiger partial charge in [0.25, 0.3) is 0 Å². The highest BCUT2D eigenvalue weighted by atomic mass is 15.3. The molecule has 0 saturated carbocycles. The summed E-state index contributed by atoms with van der Waals surface area (Å²) in [6, 6.07) is 0. The van der Waals surface area contributed by atoms with Gasteiger partial charge in [-0.05, 0) is 38.5 Å². The van der Waals surface area contributed by atoms with E-state index in [1.807, 2.05) is 0 Å². The van der Waals surface area contributed by atoms with Crippen molar-refractivity contribution in [3.8, 4) is 0 Å². The highest BCUT2D eigenvalue weighted by molar-refractivity contribution is 5.62. The Labute approximate surface area is 144 Å². The van der Waals surface area contributed by atoms with Gasteiger partial charge in [-0.2, -0.15) is 0 Å². The number of nitrogens with zero attached hydrogens (tertiary/aromatic N) is 2. The molecule has 0 spiro atoms. The van der Waals surface area contributed by atoms with Crippen LogP contribution < -0.4 is 5.73 Å². The molecule has 23 heavy (non-hydrogen) atoms. The van der Waals surface area contributed by atoms with Gasteiger partial charge in [0, 0.05) is 25.8 Å². The van der Waals surface area contributed by atoms with Gasteiger partial charge >= 0.3 is 0 Å². The van der Waals surface area contributed by atoms with Crippen LogP contribution in [0, 0.1) is 0 Å². The summed E-state index contributed by atoms with van der Waals surface area (Å²) in [6.45, 7) is 4.99. The first-order valence-corrected chi connectivity index (χ1v) is 9.99. The van der Waals surface area contributed by atoms with E-state index in [0.29, 0.717) is 6.17 Å². The Morgan fingerprint density at radius 3 is 2.35 bits per heavy atom. The summed E-state index contributed by atoms with van der Waals surface area (Å²) in [5, 5.41) is 0. The molecule has 0 amide bonds. The highest BCUT2D eigenvalue weighted by Crippen LogP contribution is 2.15. The second-order valence-electron chi connectivity index (χ2n) is 6.76. The maximum absolute atomic E-state index is 5.64. The van der Waals surface area contributed by atoms with Gasteiger partial charge < -0.3 is 5.73 Å². The smallest absolute Gasteiger partial charge is 0.102 e. The van der Waals surface area contributed by atoms with Crippen LogP contribution in [0.15, 0.2) is 17.1 Å². The molecule has 2 N–H and O–H groups in total. The van der Waals surface area contributed by atoms with E-state index in [0.717, 1.165) is 19.6 Å². The van der Waals surface area contributed by atoms with Crippen LogP contribution in [0.5, 0.6) is 0 Å². The van der Waals surface area contributed by atoms with Crippen LogP contribution in [0.1, 0.15) is 84.0 Å². The van der Waals surface area contributed by atoms with Gasteiger partial charge in [-0.1, -0.05) is 57.6 Å². The summed E-state index contributed by atoms with van der Waals surface area (Å²) in [7, 11) is 0. The number of hydrogen-bond acceptors (Lipinski definition) is 3. The topological polar surface area (TPSA) is 41.6 Å². The number of aliphatic imine (C=N–C) groups is 1. The largest absolute Gasteiger partial charge is 0.329 e. The summed E-state index contributed by atoms with van der Waals surface area (Å²) in [5.74, 6) is 0. The molecule has 0 fully saturated rings. The van der Waals surface area contributed by atoms with E-state index < -0.39 is 0 Å². The van der Waals surface area contributed by atoms with E-state index in [1.165, 1.54) is 77.0 Å². The Bertz CT molecular complexity index is 312. The summed E-state index contributed by atoms with van der Waals surface area (Å²) in [4.78, 5) is 6.96. The minimum atomic E-state index is 0.411. The van der Waals surface area contributed by atoms with Crippen molar-refractivity contribution in [3.63, 3.8) is 0 Å². The molecule has 3 nitrogen and oxygen atoms in total. The zero-order chi connectivity index (χ0) is 16.6. The van der Waals surface area contributed by atoms with E-state index in [4.69, 9.17) is 5.73 Å². The molecule has 0 aliphatic carbocycles. The monoisotopic (exact) mass is 321 g/mol. The van der Waals surface area contributed by atoms with Crippen molar-refractivity contribution < 1.29 is 0 Å². The normalized spacial score (nSPS) is 18.4. The van der Waals surface area contributed by atoms with Crippen molar-refractivity contribution in [1.82, 2.24) is 4.90 Å². The third kappa shape index (κ3) is 10.7. The van der Waals surface area contributed by atoms with Crippen LogP contribution in [-0.2, 0) is 0 Å². The molecule has 0 aromatic rings. The van der Waals surface area contributed by atoms with Crippen molar-refractivity contribution in [2.24, 2.45) is 10.7 Å². The first-order valence-electron chi connectivity index (χ1n) is 9.99. The Morgan fingerprint density at radius 1 is 1.00 bits per heavy atom. The first-order chi connectivity index (χ1) is 11.4. The molecule has 3 heteroatoms. The zero-order valence-corrected chi connectivity index (χ0v) is 15.4. The molecule has 1 atom stereocenters. The van der Waals surface area contributed by atoms with E-state index in [9.17, 15) is 0 Å². The number of nitrogens with two attached hydrogens (primary N) is 1. The molecule has 1 heterocycles. The molecular formula is C20H39N3. The van der Waals surface area contributed by atoms with Crippen LogP contribution >= 0.6 is 0 Å². The average molecular weight is 322 g/mol. The molecule has 1 aliphatic rings. The van der Waals surface area contributed by atoms with E-state index >= 15 is 0 Å². The lowest BCUT2D eigenvalue weighted by molar-refractivity contribution is 0.241. The van der Waals surface area contributed by atoms with Gasteiger partial charge in [-0.15, -0.1) is 0 Å². The molecule has 0 aromatic heterocycles. The lowest BCUT2D eigenvalue weighted by Crippen LogP contribution is -2.34. The lowest BCUT2D eigenvalue weighted by atomic mass is 10.1. The van der Waals surface area contributed by atoms with Crippen molar-refractivity contribution in [2.45, 2.75) is 90.1 Å². The maximum atomic E-state index is 5.64. The van der Waals surface area contributed by atoms with Crippen molar-refractivity contribution >= 4 is 6.21 Å². The van der Waals surface area contributed by atoms with Crippen LogP contribution in [-0.4, -0.2) is 36.9 Å². The molecule has 0 aromatic carbocycles. The lowest BCUT2D eigenvalue weighted by Gasteiger charge is -2.21. The molecule has 1 unspecified atom stereocenters. The standard InChI is InChI=1S/C20H39N3/c1-2-3-4-5-6-7-8-9-10-11-12-13-14-15-20-22-17-19-23(20)18-16-21/h7-8,17,20H,2-6,9-16,18-19,21H2,1H3/b8-7+. The van der Waals surface area contributed by atoms with Crippen LogP contribution in [0.4, 0.5) is 0 Å². The van der Waals surface area contributed by atoms with E-state index in [-0.39, 0.29) is 0 Å². The Kier molecular flexibility index (Phi) is 13.2. The predicted molar refractivity (Wildman–Crippen MR) is 103 cm³/mol. The molecule has 1 rings (SSSR count). The van der Waals surface area contributed by atoms with Gasteiger partial charge in [0.1, 0.15) is 6.17 Å². The average Bonchev–Trinajstić information content (AvgIpc) is 2.99. The minimum Gasteiger partial charge on any atom is -0.329 e. The first kappa shape index (κ1) is 20.4. The van der Waals surface area contributed by atoms with Crippen LogP contribution in [0.25, 0.3) is 0 Å². The van der Waals surface area contributed by atoms with Crippen molar-refractivity contribution in [3.05, 3.63) is 12.2 Å². The van der Waals surface area contributed by atoms with Gasteiger partial charge in [0.15, 0.2) is 0 Å². The quantitative estimate of drug-likeness (QED) is 0.344. The summed E-state index contributed by atoms with van der Waals surface area (Å²) in [5.41, 5.74) is 5.64. The molecule has 0 radical (unpaired) electrons. The Morgan fingerprint density at radius 2 is 1.65 bits per heavy atom. The van der Waals surface area contributed by atoms with Gasteiger partial charge in [-0.3, -0.25) is 9.89 Å². The third-order valence-corrected chi connectivity index (χ3v) is 4.66. The van der Waals surface area contributed by atoms with Gasteiger partial charge in [0.05, 0.1) is 0 Å². The minimum absolute atomic E-state index is 0.411. The summed E-state index contributed by atoms with van der Waals surface area (Å²) >= 11 is 0. The molecule has 0 bridgehead atoms. The van der Waals surface area contributed by atoms with Crippen LogP contribution in [0.3, 0.4) is 0 Å². The SMILES string of the molecule is CCCCCC/C=C/CCCCCCCC1N=CCN1CCN. The summed E-state index contributed by atoms with van der Waals surface area (Å²) < 4.78 is 0. The Hall–Kier alpha value is -0.670. The number of allylic oxidation sites excluding steroid dienone is 2. The molecule has 0 saturated heterocycles. The fraction of sp³-hybridized carbons (Fsp3) is 0.850. The maximum Gasteiger partial charge on any atom is 0.102 e. The molecule has 1 aliphatic heterocycles. The van der Waals surface area contributed by atoms with Gasteiger partial charge in [0.2, 0.25) is 0 Å². The molecular weight excluding hydrogens is 282 g/mol. The van der Waals surface area contributed by atoms with Crippen molar-refractivity contribution in [1.29, 1.82) is 0 Å². The van der Waals surface area contributed by atoms with E-state index in [1.54, 1.807) is 0 Å². The van der Waals surface area contributed by atoms with Crippen molar-refractivity contribution in [2.75, 3.05) is 19.6 Å². The number of unbranched alkanes of at least 4 members (excludes halogenated alkanes) is 9. The predicted octanol–water partition coefficient (Wildman–Crippen LogP) is 4.91. The third-order valence-electron chi connectivity index (χ3n) is 4.66. The fourth-order valence-electron chi connectivity index (χ4n) is 3.20. The zero-order valence-electron chi connectivity index (χ0n) is 15.4.